The third-order valence-electron chi connectivity index (χ3n) is 6.08. The van der Waals surface area contributed by atoms with Crippen molar-refractivity contribution in [1.82, 2.24) is 4.57 Å². The maximum atomic E-state index is 13.8. The Balaban J connectivity index is 1.92. The van der Waals surface area contributed by atoms with Gasteiger partial charge in [-0.05, 0) is 77.5 Å². The smallest absolute Gasteiger partial charge is 0.338 e. The van der Waals surface area contributed by atoms with Crippen LogP contribution in [0.5, 0.6) is 11.5 Å². The van der Waals surface area contributed by atoms with Gasteiger partial charge in [0, 0.05) is 0 Å². The van der Waals surface area contributed by atoms with Crippen LogP contribution in [0.3, 0.4) is 0 Å². The minimum atomic E-state index is -0.663. The van der Waals surface area contributed by atoms with Crippen molar-refractivity contribution in [3.8, 4) is 11.5 Å². The molecule has 7 nitrogen and oxygen atoms in total. The van der Waals surface area contributed by atoms with Gasteiger partial charge in [0.2, 0.25) is 0 Å². The van der Waals surface area contributed by atoms with Gasteiger partial charge in [-0.25, -0.2) is 9.79 Å². The van der Waals surface area contributed by atoms with Gasteiger partial charge in [0.25, 0.3) is 5.56 Å². The predicted octanol–water partition coefficient (Wildman–Crippen LogP) is 4.79. The van der Waals surface area contributed by atoms with Crippen LogP contribution in [-0.2, 0) is 9.53 Å². The molecule has 194 valence electrons. The number of esters is 1. The highest BCUT2D eigenvalue weighted by molar-refractivity contribution is 9.10. The second-order valence-corrected chi connectivity index (χ2v) is 10.8. The number of phenols is 1. The van der Waals surface area contributed by atoms with E-state index >= 15 is 0 Å². The summed E-state index contributed by atoms with van der Waals surface area (Å²) in [6.45, 7) is 10.2. The highest BCUT2D eigenvalue weighted by Gasteiger charge is 2.33. The average Bonchev–Trinajstić information content (AvgIpc) is 3.15. The van der Waals surface area contributed by atoms with Crippen molar-refractivity contribution in [3.63, 3.8) is 0 Å². The van der Waals surface area contributed by atoms with Crippen LogP contribution >= 0.6 is 27.3 Å². The summed E-state index contributed by atoms with van der Waals surface area (Å²) in [5.41, 5.74) is 3.26. The van der Waals surface area contributed by atoms with Gasteiger partial charge in [-0.2, -0.15) is 0 Å². The van der Waals surface area contributed by atoms with Gasteiger partial charge in [-0.1, -0.05) is 49.4 Å². The molecule has 0 bridgehead atoms. The average molecular weight is 586 g/mol. The molecule has 0 aliphatic carbocycles. The first kappa shape index (κ1) is 26.9. The van der Waals surface area contributed by atoms with E-state index in [9.17, 15) is 14.7 Å². The number of hydrogen-bond donors (Lipinski definition) is 1. The molecular formula is C28H29BrN2O5S. The topological polar surface area (TPSA) is 90.1 Å². The first-order valence-corrected chi connectivity index (χ1v) is 13.7. The standard InChI is InChI=1S/C28H29BrN2O5S/c1-6-35-21-13-17(12-20(29)25(21)32)14-22-26(33)31-24(19-10-8-18(9-11-19)15(3)4)23(27(34)36-7-2)16(5)30-28(31)37-22/h8-15,24,32H,6-7H2,1-5H3. The van der Waals surface area contributed by atoms with E-state index in [2.05, 4.69) is 34.8 Å². The number of carbonyl (C=O) groups is 1. The Labute approximate surface area is 227 Å². The highest BCUT2D eigenvalue weighted by atomic mass is 79.9. The van der Waals surface area contributed by atoms with Gasteiger partial charge in [-0.15, -0.1) is 0 Å². The van der Waals surface area contributed by atoms with Crippen molar-refractivity contribution < 1.29 is 19.4 Å². The van der Waals surface area contributed by atoms with Crippen molar-refractivity contribution in [2.24, 2.45) is 4.99 Å². The molecule has 1 aliphatic heterocycles. The lowest BCUT2D eigenvalue weighted by molar-refractivity contribution is -0.139. The fourth-order valence-corrected chi connectivity index (χ4v) is 5.77. The number of thiazole rings is 1. The molecule has 2 heterocycles. The van der Waals surface area contributed by atoms with E-state index in [1.165, 1.54) is 11.3 Å². The SMILES string of the molecule is CCOC(=O)C1=C(C)N=c2sc(=Cc3cc(Br)c(O)c(OCC)c3)c(=O)n2C1c1ccc(C(C)C)cc1. The minimum absolute atomic E-state index is 0.00000710. The zero-order chi connectivity index (χ0) is 26.9. The van der Waals surface area contributed by atoms with Gasteiger partial charge in [0.1, 0.15) is 0 Å². The largest absolute Gasteiger partial charge is 0.503 e. The number of fused-ring (bicyclic) bond motifs is 1. The molecule has 37 heavy (non-hydrogen) atoms. The third kappa shape index (κ3) is 5.29. The number of hydrogen-bond acceptors (Lipinski definition) is 7. The molecular weight excluding hydrogens is 556 g/mol. The van der Waals surface area contributed by atoms with E-state index in [1.807, 2.05) is 31.2 Å². The molecule has 1 N–H and O–H groups in total. The molecule has 0 saturated carbocycles. The molecule has 9 heteroatoms. The number of phenolic OH excluding ortho intramolecular Hbond substituents is 1. The van der Waals surface area contributed by atoms with Crippen LogP contribution in [0.15, 0.2) is 61.9 Å². The lowest BCUT2D eigenvalue weighted by atomic mass is 9.93. The molecule has 0 saturated heterocycles. The lowest BCUT2D eigenvalue weighted by Gasteiger charge is -2.25. The Morgan fingerprint density at radius 1 is 1.22 bits per heavy atom. The summed E-state index contributed by atoms with van der Waals surface area (Å²) >= 11 is 4.60. The van der Waals surface area contributed by atoms with Crippen molar-refractivity contribution in [2.75, 3.05) is 13.2 Å². The fraction of sp³-hybridized carbons (Fsp3) is 0.321. The zero-order valence-corrected chi connectivity index (χ0v) is 23.8. The third-order valence-corrected chi connectivity index (χ3v) is 7.67. The molecule has 0 spiro atoms. The first-order valence-electron chi connectivity index (χ1n) is 12.1. The van der Waals surface area contributed by atoms with E-state index in [1.54, 1.807) is 36.6 Å². The van der Waals surface area contributed by atoms with Crippen LogP contribution < -0.4 is 19.6 Å². The molecule has 1 atom stereocenters. The summed E-state index contributed by atoms with van der Waals surface area (Å²) in [6, 6.07) is 10.7. The van der Waals surface area contributed by atoms with Crippen molar-refractivity contribution >= 4 is 39.3 Å². The second kappa shape index (κ2) is 11.1. The molecule has 2 aromatic carbocycles. The van der Waals surface area contributed by atoms with Crippen LogP contribution in [0.2, 0.25) is 0 Å². The van der Waals surface area contributed by atoms with Gasteiger partial charge >= 0.3 is 5.97 Å². The normalized spacial score (nSPS) is 15.5. The lowest BCUT2D eigenvalue weighted by Crippen LogP contribution is -2.39. The van der Waals surface area contributed by atoms with Gasteiger partial charge < -0.3 is 14.6 Å². The van der Waals surface area contributed by atoms with Crippen molar-refractivity contribution in [2.45, 2.75) is 46.6 Å². The minimum Gasteiger partial charge on any atom is -0.503 e. The monoisotopic (exact) mass is 584 g/mol. The quantitative estimate of drug-likeness (QED) is 0.403. The molecule has 3 aromatic rings. The summed E-state index contributed by atoms with van der Waals surface area (Å²) in [6.07, 6.45) is 1.73. The van der Waals surface area contributed by atoms with Gasteiger partial charge in [0.05, 0.1) is 39.5 Å². The van der Waals surface area contributed by atoms with E-state index in [-0.39, 0.29) is 17.9 Å². The van der Waals surface area contributed by atoms with Crippen molar-refractivity contribution in [1.29, 1.82) is 0 Å². The fourth-order valence-electron chi connectivity index (χ4n) is 4.26. The van der Waals surface area contributed by atoms with Crippen molar-refractivity contribution in [3.05, 3.63) is 88.5 Å². The van der Waals surface area contributed by atoms with Crippen LogP contribution in [0.4, 0.5) is 0 Å². The Morgan fingerprint density at radius 2 is 1.92 bits per heavy atom. The van der Waals surface area contributed by atoms with Crippen LogP contribution in [-0.4, -0.2) is 28.9 Å². The molecule has 4 rings (SSSR count). The maximum Gasteiger partial charge on any atom is 0.338 e. The zero-order valence-electron chi connectivity index (χ0n) is 21.4. The number of aromatic nitrogens is 1. The Hall–Kier alpha value is -3.17. The molecule has 0 radical (unpaired) electrons. The summed E-state index contributed by atoms with van der Waals surface area (Å²) in [5, 5.41) is 10.3. The second-order valence-electron chi connectivity index (χ2n) is 8.91. The number of ether oxygens (including phenoxy) is 2. The van der Waals surface area contributed by atoms with Crippen LogP contribution in [0.1, 0.15) is 63.3 Å². The number of benzene rings is 2. The summed E-state index contributed by atoms with van der Waals surface area (Å²) in [5.74, 6) is 0.184. The Morgan fingerprint density at radius 3 is 2.54 bits per heavy atom. The van der Waals surface area contributed by atoms with Crippen LogP contribution in [0.25, 0.3) is 6.08 Å². The summed E-state index contributed by atoms with van der Waals surface area (Å²) in [7, 11) is 0. The predicted molar refractivity (Wildman–Crippen MR) is 148 cm³/mol. The van der Waals surface area contributed by atoms with Gasteiger partial charge in [-0.3, -0.25) is 9.36 Å². The van der Waals surface area contributed by atoms with Crippen LogP contribution in [0, 0.1) is 0 Å². The first-order chi connectivity index (χ1) is 17.7. The Bertz CT molecular complexity index is 1550. The molecule has 1 aromatic heterocycles. The van der Waals surface area contributed by atoms with E-state index < -0.39 is 12.0 Å². The summed E-state index contributed by atoms with van der Waals surface area (Å²) in [4.78, 5) is 32.0. The van der Waals surface area contributed by atoms with Gasteiger partial charge in [0.15, 0.2) is 16.3 Å². The molecule has 0 amide bonds. The number of nitrogens with zero attached hydrogens (tertiary/aromatic N) is 2. The van der Waals surface area contributed by atoms with E-state index in [0.29, 0.717) is 48.9 Å². The number of halogens is 1. The highest BCUT2D eigenvalue weighted by Crippen LogP contribution is 2.36. The van der Waals surface area contributed by atoms with E-state index in [4.69, 9.17) is 9.47 Å². The molecule has 1 unspecified atom stereocenters. The Kier molecular flexibility index (Phi) is 8.04. The number of rotatable bonds is 7. The number of carbonyl (C=O) groups excluding carboxylic acids is 1. The summed E-state index contributed by atoms with van der Waals surface area (Å²) < 4.78 is 13.4. The molecule has 1 aliphatic rings. The number of allylic oxidation sites excluding steroid dienone is 1. The van der Waals surface area contributed by atoms with E-state index in [0.717, 1.165) is 11.1 Å². The maximum absolute atomic E-state index is 13.8. The number of aromatic hydroxyl groups is 1. The molecule has 0 fully saturated rings.